The van der Waals surface area contributed by atoms with Gasteiger partial charge in [-0.25, -0.2) is 4.68 Å². The monoisotopic (exact) mass is 398 g/mol. The Morgan fingerprint density at radius 3 is 2.64 bits per heavy atom. The van der Waals surface area contributed by atoms with Gasteiger partial charge in [-0.05, 0) is 25.0 Å². The lowest BCUT2D eigenvalue weighted by atomic mass is 9.97. The van der Waals surface area contributed by atoms with Crippen LogP contribution in [-0.4, -0.2) is 40.1 Å². The Kier molecular flexibility index (Phi) is 7.03. The maximum atomic E-state index is 13.2. The number of ether oxygens (including phenoxy) is 2. The molecular weight excluding hydrogens is 374 g/mol. The van der Waals surface area contributed by atoms with Gasteiger partial charge in [0.05, 0.1) is 23.5 Å². The summed E-state index contributed by atoms with van der Waals surface area (Å²) in [6.45, 7) is -1.23. The molecule has 10 heteroatoms. The average molecular weight is 398 g/mol. The summed E-state index contributed by atoms with van der Waals surface area (Å²) in [6.07, 6.45) is 3.86. The van der Waals surface area contributed by atoms with Gasteiger partial charge in [-0.15, -0.1) is 0 Å². The van der Waals surface area contributed by atoms with Crippen LogP contribution < -0.4 is 5.73 Å². The number of nitrogens with zero attached hydrogens (tertiary/aromatic N) is 3. The van der Waals surface area contributed by atoms with Crippen LogP contribution in [-0.2, 0) is 20.1 Å². The van der Waals surface area contributed by atoms with E-state index in [0.717, 1.165) is 6.20 Å². The Hall–Kier alpha value is -2.59. The summed E-state index contributed by atoms with van der Waals surface area (Å²) in [5.74, 6) is -2.64. The van der Waals surface area contributed by atoms with Crippen molar-refractivity contribution < 1.29 is 28.2 Å². The van der Waals surface area contributed by atoms with Gasteiger partial charge in [0.15, 0.2) is 0 Å². The van der Waals surface area contributed by atoms with Gasteiger partial charge in [-0.3, -0.25) is 9.78 Å². The Morgan fingerprint density at radius 2 is 2.07 bits per heavy atom. The molecule has 0 bridgehead atoms. The molecule has 2 rings (SSSR count). The van der Waals surface area contributed by atoms with Crippen LogP contribution in [0.5, 0.6) is 0 Å². The van der Waals surface area contributed by atoms with Crippen LogP contribution in [0.15, 0.2) is 24.5 Å². The second-order valence-electron chi connectivity index (χ2n) is 6.39. The van der Waals surface area contributed by atoms with Crippen LogP contribution in [0.2, 0.25) is 0 Å². The Morgan fingerprint density at radius 1 is 1.39 bits per heavy atom. The van der Waals surface area contributed by atoms with Crippen LogP contribution in [0.1, 0.15) is 38.4 Å². The van der Waals surface area contributed by atoms with Gasteiger partial charge < -0.3 is 20.3 Å². The highest BCUT2D eigenvalue weighted by Gasteiger charge is 2.34. The molecule has 2 heterocycles. The molecule has 0 unspecified atom stereocenters. The lowest BCUT2D eigenvalue weighted by Gasteiger charge is -2.31. The van der Waals surface area contributed by atoms with Crippen LogP contribution in [0.4, 0.5) is 14.5 Å². The summed E-state index contributed by atoms with van der Waals surface area (Å²) in [4.78, 5) is 15.3. The molecule has 2 aromatic heterocycles. The van der Waals surface area contributed by atoms with Crippen LogP contribution in [0.25, 0.3) is 11.3 Å². The van der Waals surface area contributed by atoms with Crippen LogP contribution in [0, 0.1) is 5.92 Å². The number of carboxylic acid groups (broad SMARTS) is 1. The zero-order valence-electron chi connectivity index (χ0n) is 15.9. The number of alkyl halides is 2. The predicted molar refractivity (Wildman–Crippen MR) is 97.5 cm³/mol. The minimum atomic E-state index is -2.85. The Bertz CT molecular complexity index is 809. The highest BCUT2D eigenvalue weighted by Crippen LogP contribution is 2.35. The summed E-state index contributed by atoms with van der Waals surface area (Å²) in [6, 6.07) is 3.10. The van der Waals surface area contributed by atoms with E-state index in [1.54, 1.807) is 19.1 Å². The first-order chi connectivity index (χ1) is 13.3. The van der Waals surface area contributed by atoms with Crippen molar-refractivity contribution in [2.75, 3.05) is 20.0 Å². The zero-order valence-corrected chi connectivity index (χ0v) is 15.9. The maximum Gasteiger partial charge on any atom is 0.333 e. The third-order valence-corrected chi connectivity index (χ3v) is 4.66. The SMILES string of the molecule is COC(CCC[C@@H](C)C(=O)O)(OC)c1cc(-c2c(N)cnn2C(F)F)ccn1. The number of aliphatic carboxylic acids is 1. The number of nitrogen functional groups attached to an aromatic ring is 1. The van der Waals surface area contributed by atoms with E-state index >= 15 is 0 Å². The summed E-state index contributed by atoms with van der Waals surface area (Å²) in [5, 5.41) is 12.6. The van der Waals surface area contributed by atoms with Crippen molar-refractivity contribution in [2.24, 2.45) is 5.92 Å². The van der Waals surface area contributed by atoms with Crippen molar-refractivity contribution in [3.63, 3.8) is 0 Å². The standard InChI is InChI=1S/C18H24F2N4O4/c1-11(16(25)26)5-4-7-18(27-2,28-3)14-9-12(6-8-22-14)15-13(21)10-23-24(15)17(19)20/h6,8-11,17H,4-5,7,21H2,1-3H3,(H,25,26)/t11-/m1/s1. The molecule has 0 aliphatic heterocycles. The predicted octanol–water partition coefficient (Wildman–Crippen LogP) is 3.26. The second-order valence-corrected chi connectivity index (χ2v) is 6.39. The largest absolute Gasteiger partial charge is 0.481 e. The number of methoxy groups -OCH3 is 2. The van der Waals surface area contributed by atoms with E-state index in [2.05, 4.69) is 10.1 Å². The molecule has 28 heavy (non-hydrogen) atoms. The number of pyridine rings is 1. The van der Waals surface area contributed by atoms with Crippen molar-refractivity contribution in [2.45, 2.75) is 38.5 Å². The molecule has 3 N–H and O–H groups in total. The lowest BCUT2D eigenvalue weighted by molar-refractivity contribution is -0.223. The number of halogens is 2. The summed E-state index contributed by atoms with van der Waals surface area (Å²) in [5.41, 5.74) is 6.74. The second kappa shape index (κ2) is 9.07. The highest BCUT2D eigenvalue weighted by molar-refractivity contribution is 5.72. The molecule has 8 nitrogen and oxygen atoms in total. The lowest BCUT2D eigenvalue weighted by Crippen LogP contribution is -2.32. The van der Waals surface area contributed by atoms with Crippen molar-refractivity contribution >= 4 is 11.7 Å². The Balaban J connectivity index is 2.35. The molecule has 0 fully saturated rings. The van der Waals surface area contributed by atoms with E-state index < -0.39 is 24.2 Å². The smallest absolute Gasteiger partial charge is 0.333 e. The van der Waals surface area contributed by atoms with Crippen molar-refractivity contribution in [3.05, 3.63) is 30.2 Å². The zero-order chi connectivity index (χ0) is 20.9. The number of nitrogens with two attached hydrogens (primary N) is 1. The average Bonchev–Trinajstić information content (AvgIpc) is 3.07. The van der Waals surface area contributed by atoms with Gasteiger partial charge in [-0.1, -0.05) is 6.92 Å². The number of carbonyl (C=O) groups is 1. The molecule has 0 radical (unpaired) electrons. The number of hydrogen-bond acceptors (Lipinski definition) is 6. The number of anilines is 1. The van der Waals surface area contributed by atoms with Gasteiger partial charge in [0.2, 0.25) is 5.79 Å². The molecule has 0 aliphatic rings. The van der Waals surface area contributed by atoms with Gasteiger partial charge in [0.25, 0.3) is 0 Å². The fraction of sp³-hybridized carbons (Fsp3) is 0.500. The number of hydrogen-bond donors (Lipinski definition) is 2. The quantitative estimate of drug-likeness (QED) is 0.591. The molecule has 0 aromatic carbocycles. The van der Waals surface area contributed by atoms with Gasteiger partial charge in [0.1, 0.15) is 5.69 Å². The highest BCUT2D eigenvalue weighted by atomic mass is 19.3. The molecule has 154 valence electrons. The number of rotatable bonds is 10. The fourth-order valence-corrected chi connectivity index (χ4v) is 3.00. The van der Waals surface area contributed by atoms with Crippen molar-refractivity contribution in [1.29, 1.82) is 0 Å². The molecule has 0 saturated heterocycles. The normalized spacial score (nSPS) is 13.1. The van der Waals surface area contributed by atoms with E-state index in [-0.39, 0.29) is 11.4 Å². The van der Waals surface area contributed by atoms with Crippen molar-refractivity contribution in [3.8, 4) is 11.3 Å². The van der Waals surface area contributed by atoms with E-state index in [1.807, 2.05) is 0 Å². The molecular formula is C18H24F2N4O4. The molecule has 0 amide bonds. The summed E-state index contributed by atoms with van der Waals surface area (Å²) in [7, 11) is 2.88. The third kappa shape index (κ3) is 4.45. The van der Waals surface area contributed by atoms with Crippen LogP contribution in [0.3, 0.4) is 0 Å². The van der Waals surface area contributed by atoms with Crippen molar-refractivity contribution in [1.82, 2.24) is 14.8 Å². The van der Waals surface area contributed by atoms with Crippen LogP contribution >= 0.6 is 0 Å². The maximum absolute atomic E-state index is 13.2. The number of carboxylic acids is 1. The topological polar surface area (TPSA) is 112 Å². The molecule has 2 aromatic rings. The molecule has 0 aliphatic carbocycles. The van der Waals surface area contributed by atoms with E-state index in [1.165, 1.54) is 20.4 Å². The summed E-state index contributed by atoms with van der Waals surface area (Å²) >= 11 is 0. The van der Waals surface area contributed by atoms with E-state index in [4.69, 9.17) is 20.3 Å². The molecule has 1 atom stereocenters. The fourth-order valence-electron chi connectivity index (χ4n) is 3.00. The third-order valence-electron chi connectivity index (χ3n) is 4.66. The minimum Gasteiger partial charge on any atom is -0.481 e. The Labute approximate surface area is 161 Å². The first-order valence-electron chi connectivity index (χ1n) is 8.67. The molecule has 0 saturated carbocycles. The minimum absolute atomic E-state index is 0.0688. The van der Waals surface area contributed by atoms with Gasteiger partial charge >= 0.3 is 12.5 Å². The first kappa shape index (κ1) is 21.7. The number of aromatic nitrogens is 3. The summed E-state index contributed by atoms with van der Waals surface area (Å²) < 4.78 is 38.1. The van der Waals surface area contributed by atoms with Gasteiger partial charge in [-0.2, -0.15) is 13.9 Å². The molecule has 0 spiro atoms. The first-order valence-corrected chi connectivity index (χ1v) is 8.67. The van der Waals surface area contributed by atoms with Gasteiger partial charge in [0, 0.05) is 32.4 Å². The van der Waals surface area contributed by atoms with E-state index in [9.17, 15) is 13.6 Å². The van der Waals surface area contributed by atoms with E-state index in [0.29, 0.717) is 35.2 Å².